The van der Waals surface area contributed by atoms with Crippen LogP contribution in [0.5, 0.6) is 0 Å². The largest absolute Gasteiger partial charge is 0.392 e. The minimum atomic E-state index is -1.20. The summed E-state index contributed by atoms with van der Waals surface area (Å²) >= 11 is 0. The second-order valence-electron chi connectivity index (χ2n) is 6.80. The van der Waals surface area contributed by atoms with Crippen molar-refractivity contribution in [2.24, 2.45) is 11.3 Å². The zero-order chi connectivity index (χ0) is 15.1. The third-order valence-corrected chi connectivity index (χ3v) is 5.08. The summed E-state index contributed by atoms with van der Waals surface area (Å²) in [4.78, 5) is 0. The van der Waals surface area contributed by atoms with Gasteiger partial charge in [-0.05, 0) is 30.8 Å². The van der Waals surface area contributed by atoms with Gasteiger partial charge in [0.2, 0.25) is 0 Å². The van der Waals surface area contributed by atoms with Gasteiger partial charge in [-0.15, -0.1) is 0 Å². The van der Waals surface area contributed by atoms with Crippen molar-refractivity contribution < 1.29 is 20.1 Å². The van der Waals surface area contributed by atoms with Crippen LogP contribution in [0.2, 0.25) is 0 Å². The van der Waals surface area contributed by atoms with E-state index < -0.39 is 11.7 Å². The minimum absolute atomic E-state index is 0.122. The van der Waals surface area contributed by atoms with Crippen LogP contribution in [-0.2, 0) is 4.74 Å². The first-order valence-electron chi connectivity index (χ1n) is 7.18. The van der Waals surface area contributed by atoms with Crippen molar-refractivity contribution in [3.8, 4) is 0 Å². The molecular formula is C16H26O4. The summed E-state index contributed by atoms with van der Waals surface area (Å²) in [5, 5.41) is 31.2. The molecule has 4 atom stereocenters. The highest BCUT2D eigenvalue weighted by Crippen LogP contribution is 2.59. The lowest BCUT2D eigenvalue weighted by Crippen LogP contribution is -2.68. The summed E-state index contributed by atoms with van der Waals surface area (Å²) in [6.45, 7) is 5.73. The Balaban J connectivity index is 2.47. The van der Waals surface area contributed by atoms with Gasteiger partial charge in [-0.3, -0.25) is 0 Å². The molecule has 4 heteroatoms. The van der Waals surface area contributed by atoms with Gasteiger partial charge in [0.15, 0.2) is 0 Å². The summed E-state index contributed by atoms with van der Waals surface area (Å²) in [5.74, 6) is -0.213. The zero-order valence-corrected chi connectivity index (χ0v) is 12.8. The second-order valence-corrected chi connectivity index (χ2v) is 6.80. The van der Waals surface area contributed by atoms with E-state index in [1.54, 1.807) is 7.11 Å². The Morgan fingerprint density at radius 2 is 2.00 bits per heavy atom. The smallest absolute Gasteiger partial charge is 0.102 e. The normalized spacial score (nSPS) is 40.5. The highest BCUT2D eigenvalue weighted by atomic mass is 16.5. The molecule has 4 nitrogen and oxygen atoms in total. The SMILES string of the molecule is COC1C=C(C)CC(O)C2(O)C(CC2(C)C)C(CO)=C1. The maximum absolute atomic E-state index is 11.1. The molecule has 0 amide bonds. The van der Waals surface area contributed by atoms with Crippen molar-refractivity contribution in [3.05, 3.63) is 23.3 Å². The van der Waals surface area contributed by atoms with Crippen LogP contribution in [0.3, 0.4) is 0 Å². The first-order valence-corrected chi connectivity index (χ1v) is 7.18. The first-order chi connectivity index (χ1) is 9.26. The molecule has 0 saturated heterocycles. The molecule has 1 fully saturated rings. The fraction of sp³-hybridized carbons (Fsp3) is 0.750. The quantitative estimate of drug-likeness (QED) is 0.670. The van der Waals surface area contributed by atoms with Crippen molar-refractivity contribution in [1.82, 2.24) is 0 Å². The average molecular weight is 282 g/mol. The van der Waals surface area contributed by atoms with E-state index in [4.69, 9.17) is 4.74 Å². The van der Waals surface area contributed by atoms with Crippen LogP contribution in [-0.4, -0.2) is 46.8 Å². The maximum atomic E-state index is 11.1. The lowest BCUT2D eigenvalue weighted by Gasteiger charge is -2.61. The Hall–Kier alpha value is -0.680. The Morgan fingerprint density at radius 1 is 1.35 bits per heavy atom. The molecule has 0 bridgehead atoms. The lowest BCUT2D eigenvalue weighted by molar-refractivity contribution is -0.242. The van der Waals surface area contributed by atoms with Gasteiger partial charge < -0.3 is 20.1 Å². The number of rotatable bonds is 2. The molecule has 2 aliphatic carbocycles. The van der Waals surface area contributed by atoms with E-state index >= 15 is 0 Å². The number of methoxy groups -OCH3 is 1. The molecule has 1 saturated carbocycles. The number of hydrogen-bond acceptors (Lipinski definition) is 4. The zero-order valence-electron chi connectivity index (χ0n) is 12.8. The van der Waals surface area contributed by atoms with Gasteiger partial charge >= 0.3 is 0 Å². The van der Waals surface area contributed by atoms with Crippen molar-refractivity contribution >= 4 is 0 Å². The Kier molecular flexibility index (Phi) is 4.13. The maximum Gasteiger partial charge on any atom is 0.102 e. The van der Waals surface area contributed by atoms with Crippen molar-refractivity contribution in [1.29, 1.82) is 0 Å². The molecule has 0 heterocycles. The van der Waals surface area contributed by atoms with Crippen molar-refractivity contribution in [2.75, 3.05) is 13.7 Å². The summed E-state index contributed by atoms with van der Waals surface area (Å²) in [5.41, 5.74) is 0.177. The highest BCUT2D eigenvalue weighted by molar-refractivity contribution is 5.30. The fourth-order valence-electron chi connectivity index (χ4n) is 3.75. The summed E-state index contributed by atoms with van der Waals surface area (Å²) in [6, 6.07) is 0. The molecule has 2 rings (SSSR count). The molecule has 4 unspecified atom stereocenters. The summed E-state index contributed by atoms with van der Waals surface area (Å²) < 4.78 is 5.39. The van der Waals surface area contributed by atoms with Crippen LogP contribution in [0.1, 0.15) is 33.6 Å². The van der Waals surface area contributed by atoms with E-state index in [-0.39, 0.29) is 24.0 Å². The predicted molar refractivity (Wildman–Crippen MR) is 77.2 cm³/mol. The molecule has 114 valence electrons. The molecule has 2 aliphatic rings. The Morgan fingerprint density at radius 3 is 2.50 bits per heavy atom. The van der Waals surface area contributed by atoms with Gasteiger partial charge in [-0.1, -0.05) is 31.6 Å². The molecule has 0 spiro atoms. The van der Waals surface area contributed by atoms with Gasteiger partial charge in [-0.25, -0.2) is 0 Å². The fourth-order valence-corrected chi connectivity index (χ4v) is 3.75. The van der Waals surface area contributed by atoms with Crippen LogP contribution in [0.4, 0.5) is 0 Å². The topological polar surface area (TPSA) is 69.9 Å². The summed E-state index contributed by atoms with van der Waals surface area (Å²) in [6.07, 6.45) is 3.91. The van der Waals surface area contributed by atoms with E-state index in [0.717, 1.165) is 17.6 Å². The Labute approximate surface area is 120 Å². The first kappa shape index (κ1) is 15.7. The van der Waals surface area contributed by atoms with Crippen molar-refractivity contribution in [3.63, 3.8) is 0 Å². The second kappa shape index (κ2) is 5.26. The van der Waals surface area contributed by atoms with Gasteiger partial charge in [0.1, 0.15) is 5.60 Å². The summed E-state index contributed by atoms with van der Waals surface area (Å²) in [7, 11) is 1.62. The monoisotopic (exact) mass is 282 g/mol. The molecule has 0 aliphatic heterocycles. The lowest BCUT2D eigenvalue weighted by atomic mass is 9.48. The molecule has 0 aromatic rings. The van der Waals surface area contributed by atoms with E-state index in [1.165, 1.54) is 0 Å². The van der Waals surface area contributed by atoms with E-state index in [9.17, 15) is 15.3 Å². The standard InChI is InChI=1S/C16H26O4/c1-10-5-12(20-4)7-11(9-17)13-8-15(2,3)16(13,19)14(18)6-10/h5,7,12-14,17-19H,6,8-9H2,1-4H3. The third kappa shape index (κ3) is 2.25. The number of ether oxygens (including phenoxy) is 1. The molecule has 20 heavy (non-hydrogen) atoms. The number of fused-ring (bicyclic) bond motifs is 1. The van der Waals surface area contributed by atoms with Crippen molar-refractivity contribution in [2.45, 2.75) is 51.4 Å². The van der Waals surface area contributed by atoms with Crippen LogP contribution >= 0.6 is 0 Å². The van der Waals surface area contributed by atoms with E-state index in [1.807, 2.05) is 32.9 Å². The molecule has 3 N–H and O–H groups in total. The van der Waals surface area contributed by atoms with E-state index in [2.05, 4.69) is 0 Å². The van der Waals surface area contributed by atoms with Crippen LogP contribution in [0.15, 0.2) is 23.3 Å². The Bertz CT molecular complexity index is 438. The van der Waals surface area contributed by atoms with Crippen LogP contribution in [0, 0.1) is 11.3 Å². The minimum Gasteiger partial charge on any atom is -0.392 e. The molecule has 0 aromatic carbocycles. The van der Waals surface area contributed by atoms with Gasteiger partial charge in [0.05, 0.1) is 18.8 Å². The van der Waals surface area contributed by atoms with Gasteiger partial charge in [0, 0.05) is 13.0 Å². The number of aliphatic hydroxyl groups is 3. The molecule has 0 aromatic heterocycles. The highest BCUT2D eigenvalue weighted by Gasteiger charge is 2.63. The van der Waals surface area contributed by atoms with Crippen LogP contribution in [0.25, 0.3) is 0 Å². The van der Waals surface area contributed by atoms with Crippen LogP contribution < -0.4 is 0 Å². The number of hydrogen-bond donors (Lipinski definition) is 3. The number of aliphatic hydroxyl groups excluding tert-OH is 2. The average Bonchev–Trinajstić information content (AvgIpc) is 2.41. The van der Waals surface area contributed by atoms with Gasteiger partial charge in [-0.2, -0.15) is 0 Å². The molecule has 0 radical (unpaired) electrons. The predicted octanol–water partition coefficient (Wildman–Crippen LogP) is 1.41. The molecular weight excluding hydrogens is 256 g/mol. The third-order valence-electron chi connectivity index (χ3n) is 5.08. The van der Waals surface area contributed by atoms with Gasteiger partial charge in [0.25, 0.3) is 0 Å². The van der Waals surface area contributed by atoms with E-state index in [0.29, 0.717) is 6.42 Å².